The lowest BCUT2D eigenvalue weighted by Gasteiger charge is -2.08. The molecule has 0 aliphatic heterocycles. The van der Waals surface area contributed by atoms with E-state index in [0.29, 0.717) is 17.0 Å². The SMILES string of the molecule is NC(=O)c1ccc(NC(=O)CNC(=O)COc2ccccc2)cc1. The molecule has 3 amide bonds. The van der Waals surface area contributed by atoms with Crippen LogP contribution in [0.5, 0.6) is 5.75 Å². The molecule has 7 heteroatoms. The molecular formula is C17H17N3O4. The van der Waals surface area contributed by atoms with E-state index in [4.69, 9.17) is 10.5 Å². The number of carbonyl (C=O) groups is 3. The van der Waals surface area contributed by atoms with Crippen LogP contribution in [0.25, 0.3) is 0 Å². The number of nitrogens with one attached hydrogen (secondary N) is 2. The van der Waals surface area contributed by atoms with Gasteiger partial charge >= 0.3 is 0 Å². The fourth-order valence-electron chi connectivity index (χ4n) is 1.82. The summed E-state index contributed by atoms with van der Waals surface area (Å²) in [4.78, 5) is 34.3. The minimum atomic E-state index is -0.543. The molecule has 0 aliphatic rings. The molecule has 0 bridgehead atoms. The Hall–Kier alpha value is -3.35. The number of rotatable bonds is 7. The average Bonchev–Trinajstić information content (AvgIpc) is 2.59. The van der Waals surface area contributed by atoms with E-state index >= 15 is 0 Å². The number of nitrogens with two attached hydrogens (primary N) is 1. The zero-order chi connectivity index (χ0) is 17.4. The average molecular weight is 327 g/mol. The Kier molecular flexibility index (Phi) is 5.90. The molecule has 0 heterocycles. The van der Waals surface area contributed by atoms with Crippen molar-refractivity contribution in [2.45, 2.75) is 0 Å². The smallest absolute Gasteiger partial charge is 0.258 e. The van der Waals surface area contributed by atoms with Gasteiger partial charge in [-0.3, -0.25) is 14.4 Å². The Labute approximate surface area is 138 Å². The summed E-state index contributed by atoms with van der Waals surface area (Å²) in [6, 6.07) is 15.0. The van der Waals surface area contributed by atoms with Crippen LogP contribution in [0.1, 0.15) is 10.4 Å². The number of primary amides is 1. The second-order valence-corrected chi connectivity index (χ2v) is 4.87. The summed E-state index contributed by atoms with van der Waals surface area (Å²) in [5.74, 6) is -0.766. The molecule has 24 heavy (non-hydrogen) atoms. The number of benzene rings is 2. The number of hydrogen-bond acceptors (Lipinski definition) is 4. The molecule has 0 atom stereocenters. The Morgan fingerprint density at radius 3 is 2.21 bits per heavy atom. The molecule has 0 aromatic heterocycles. The Morgan fingerprint density at radius 1 is 0.917 bits per heavy atom. The number of hydrogen-bond donors (Lipinski definition) is 3. The molecule has 0 aliphatic carbocycles. The van der Waals surface area contributed by atoms with Gasteiger partial charge in [0, 0.05) is 11.3 Å². The van der Waals surface area contributed by atoms with Crippen LogP contribution in [-0.4, -0.2) is 30.9 Å². The van der Waals surface area contributed by atoms with Gasteiger partial charge in [-0.1, -0.05) is 18.2 Å². The van der Waals surface area contributed by atoms with Gasteiger partial charge in [-0.25, -0.2) is 0 Å². The van der Waals surface area contributed by atoms with Gasteiger partial charge in [0.1, 0.15) is 5.75 Å². The summed E-state index contributed by atoms with van der Waals surface area (Å²) >= 11 is 0. The van der Waals surface area contributed by atoms with Crippen LogP contribution in [0.4, 0.5) is 5.69 Å². The molecule has 0 saturated heterocycles. The van der Waals surface area contributed by atoms with Gasteiger partial charge in [0.15, 0.2) is 6.61 Å². The zero-order valence-corrected chi connectivity index (χ0v) is 12.8. The molecule has 0 radical (unpaired) electrons. The summed E-state index contributed by atoms with van der Waals surface area (Å²) in [6.07, 6.45) is 0. The van der Waals surface area contributed by atoms with Crippen molar-refractivity contribution < 1.29 is 19.1 Å². The van der Waals surface area contributed by atoms with Crippen molar-refractivity contribution in [2.24, 2.45) is 5.73 Å². The molecular weight excluding hydrogens is 310 g/mol. The third-order valence-electron chi connectivity index (χ3n) is 3.01. The second kappa shape index (κ2) is 8.33. The van der Waals surface area contributed by atoms with Gasteiger partial charge in [0.25, 0.3) is 5.91 Å². The van der Waals surface area contributed by atoms with Gasteiger partial charge < -0.3 is 21.1 Å². The van der Waals surface area contributed by atoms with E-state index in [9.17, 15) is 14.4 Å². The van der Waals surface area contributed by atoms with E-state index in [1.54, 1.807) is 36.4 Å². The Morgan fingerprint density at radius 2 is 1.58 bits per heavy atom. The van der Waals surface area contributed by atoms with Crippen molar-refractivity contribution >= 4 is 23.4 Å². The van der Waals surface area contributed by atoms with E-state index in [1.807, 2.05) is 6.07 Å². The predicted molar refractivity (Wildman–Crippen MR) is 88.5 cm³/mol. The van der Waals surface area contributed by atoms with E-state index in [1.165, 1.54) is 12.1 Å². The molecule has 124 valence electrons. The Bertz CT molecular complexity index is 714. The van der Waals surface area contributed by atoms with Crippen LogP contribution in [0.15, 0.2) is 54.6 Å². The number of carbonyl (C=O) groups excluding carboxylic acids is 3. The number of ether oxygens (including phenoxy) is 1. The summed E-state index contributed by atoms with van der Waals surface area (Å²) < 4.78 is 5.27. The molecule has 0 unspecified atom stereocenters. The van der Waals surface area contributed by atoms with Crippen LogP contribution in [-0.2, 0) is 9.59 Å². The standard InChI is InChI=1S/C17H17N3O4/c18-17(23)12-6-8-13(9-7-12)20-15(21)10-19-16(22)11-24-14-4-2-1-3-5-14/h1-9H,10-11H2,(H2,18,23)(H,19,22)(H,20,21). The lowest BCUT2D eigenvalue weighted by Crippen LogP contribution is -2.35. The minimum absolute atomic E-state index is 0.176. The van der Waals surface area contributed by atoms with Crippen LogP contribution < -0.4 is 21.1 Å². The summed E-state index contributed by atoms with van der Waals surface area (Å²) in [5.41, 5.74) is 5.98. The van der Waals surface area contributed by atoms with Crippen molar-refractivity contribution in [2.75, 3.05) is 18.5 Å². The van der Waals surface area contributed by atoms with E-state index < -0.39 is 17.7 Å². The highest BCUT2D eigenvalue weighted by molar-refractivity contribution is 5.96. The quantitative estimate of drug-likeness (QED) is 0.702. The highest BCUT2D eigenvalue weighted by atomic mass is 16.5. The molecule has 2 rings (SSSR count). The van der Waals surface area contributed by atoms with Crippen LogP contribution in [0.3, 0.4) is 0 Å². The monoisotopic (exact) mass is 327 g/mol. The number of para-hydroxylation sites is 1. The van der Waals surface area contributed by atoms with Gasteiger partial charge in [-0.2, -0.15) is 0 Å². The zero-order valence-electron chi connectivity index (χ0n) is 12.8. The fourth-order valence-corrected chi connectivity index (χ4v) is 1.82. The third kappa shape index (κ3) is 5.45. The molecule has 0 saturated carbocycles. The van der Waals surface area contributed by atoms with Crippen molar-refractivity contribution in [1.29, 1.82) is 0 Å². The largest absolute Gasteiger partial charge is 0.484 e. The summed E-state index contributed by atoms with van der Waals surface area (Å²) in [7, 11) is 0. The van der Waals surface area contributed by atoms with Crippen molar-refractivity contribution in [3.8, 4) is 5.75 Å². The first-order valence-corrected chi connectivity index (χ1v) is 7.19. The van der Waals surface area contributed by atoms with Gasteiger partial charge in [-0.15, -0.1) is 0 Å². The molecule has 0 fully saturated rings. The van der Waals surface area contributed by atoms with E-state index in [-0.39, 0.29) is 13.2 Å². The second-order valence-electron chi connectivity index (χ2n) is 4.87. The maximum Gasteiger partial charge on any atom is 0.258 e. The number of amides is 3. The first kappa shape index (κ1) is 17.0. The first-order valence-electron chi connectivity index (χ1n) is 7.19. The first-order chi connectivity index (χ1) is 11.5. The van der Waals surface area contributed by atoms with Crippen LogP contribution in [0, 0.1) is 0 Å². The highest BCUT2D eigenvalue weighted by Crippen LogP contribution is 2.09. The van der Waals surface area contributed by atoms with Crippen molar-refractivity contribution in [3.05, 3.63) is 60.2 Å². The summed E-state index contributed by atoms with van der Waals surface area (Å²) in [6.45, 7) is -0.362. The summed E-state index contributed by atoms with van der Waals surface area (Å²) in [5, 5.41) is 5.04. The molecule has 4 N–H and O–H groups in total. The maximum atomic E-state index is 11.8. The molecule has 7 nitrogen and oxygen atoms in total. The minimum Gasteiger partial charge on any atom is -0.484 e. The third-order valence-corrected chi connectivity index (χ3v) is 3.01. The molecule has 2 aromatic rings. The van der Waals surface area contributed by atoms with Gasteiger partial charge in [0.2, 0.25) is 11.8 Å². The van der Waals surface area contributed by atoms with Crippen LogP contribution in [0.2, 0.25) is 0 Å². The lowest BCUT2D eigenvalue weighted by molar-refractivity contribution is -0.125. The molecule has 2 aromatic carbocycles. The topological polar surface area (TPSA) is 111 Å². The van der Waals surface area contributed by atoms with E-state index in [0.717, 1.165) is 0 Å². The van der Waals surface area contributed by atoms with E-state index in [2.05, 4.69) is 10.6 Å². The predicted octanol–water partition coefficient (Wildman–Crippen LogP) is 0.919. The normalized spacial score (nSPS) is 9.83. The highest BCUT2D eigenvalue weighted by Gasteiger charge is 2.07. The van der Waals surface area contributed by atoms with Gasteiger partial charge in [0.05, 0.1) is 6.54 Å². The maximum absolute atomic E-state index is 11.8. The van der Waals surface area contributed by atoms with Gasteiger partial charge in [-0.05, 0) is 36.4 Å². The van der Waals surface area contributed by atoms with Crippen molar-refractivity contribution in [1.82, 2.24) is 5.32 Å². The molecule has 0 spiro atoms. The Balaban J connectivity index is 1.72. The lowest BCUT2D eigenvalue weighted by atomic mass is 10.2. The van der Waals surface area contributed by atoms with Crippen molar-refractivity contribution in [3.63, 3.8) is 0 Å². The van der Waals surface area contributed by atoms with Crippen LogP contribution >= 0.6 is 0 Å². The fraction of sp³-hybridized carbons (Fsp3) is 0.118. The number of anilines is 1.